The number of terminal acetylenes is 1. The highest BCUT2D eigenvalue weighted by atomic mass is 32.1. The number of thiazole rings is 1. The van der Waals surface area contributed by atoms with Crippen molar-refractivity contribution in [3.63, 3.8) is 0 Å². The van der Waals surface area contributed by atoms with Crippen LogP contribution in [0.15, 0.2) is 30.7 Å². The van der Waals surface area contributed by atoms with Gasteiger partial charge in [-0.1, -0.05) is 12.8 Å². The van der Waals surface area contributed by atoms with Gasteiger partial charge in [-0.25, -0.2) is 9.97 Å². The molecule has 3 heterocycles. The Hall–Kier alpha value is -2.98. The van der Waals surface area contributed by atoms with E-state index in [1.54, 1.807) is 30.8 Å². The molecule has 0 unspecified atom stereocenters. The SMILES string of the molecule is C#C.COc1cccnc1.Cc1ncc(-c2sc(C)nc2C)c(OCCC2CC2)n1. The van der Waals surface area contributed by atoms with Crippen LogP contribution in [0.2, 0.25) is 0 Å². The predicted molar refractivity (Wildman–Crippen MR) is 121 cm³/mol. The van der Waals surface area contributed by atoms with Crippen molar-refractivity contribution in [2.75, 3.05) is 13.7 Å². The molecule has 0 aromatic carbocycles. The van der Waals surface area contributed by atoms with Crippen molar-refractivity contribution in [3.05, 3.63) is 47.2 Å². The zero-order chi connectivity index (χ0) is 21.9. The van der Waals surface area contributed by atoms with Crippen LogP contribution in [-0.2, 0) is 0 Å². The number of methoxy groups -OCH3 is 1. The Morgan fingerprint density at radius 2 is 1.90 bits per heavy atom. The minimum absolute atomic E-state index is 0.699. The highest BCUT2D eigenvalue weighted by molar-refractivity contribution is 7.15. The van der Waals surface area contributed by atoms with Crippen LogP contribution < -0.4 is 9.47 Å². The number of hydrogen-bond acceptors (Lipinski definition) is 7. The van der Waals surface area contributed by atoms with E-state index in [1.165, 1.54) is 12.8 Å². The van der Waals surface area contributed by atoms with Gasteiger partial charge in [-0.2, -0.15) is 4.98 Å². The molecule has 0 aliphatic heterocycles. The second-order valence-corrected chi connectivity index (χ2v) is 7.96. The molecule has 158 valence electrons. The number of hydrogen-bond donors (Lipinski definition) is 0. The second kappa shape index (κ2) is 11.9. The topological polar surface area (TPSA) is 70.0 Å². The summed E-state index contributed by atoms with van der Waals surface area (Å²) in [7, 11) is 1.62. The molecule has 3 aromatic heterocycles. The molecule has 0 radical (unpaired) electrons. The van der Waals surface area contributed by atoms with Gasteiger partial charge in [0.1, 0.15) is 11.6 Å². The molecule has 0 amide bonds. The number of pyridine rings is 1. The molecule has 1 aliphatic rings. The average molecular weight is 425 g/mol. The lowest BCUT2D eigenvalue weighted by atomic mass is 10.2. The Balaban J connectivity index is 0.000000269. The zero-order valence-electron chi connectivity index (χ0n) is 18.0. The van der Waals surface area contributed by atoms with Gasteiger partial charge in [0.05, 0.1) is 41.1 Å². The molecule has 1 saturated carbocycles. The van der Waals surface area contributed by atoms with Crippen molar-refractivity contribution in [3.8, 4) is 34.9 Å². The van der Waals surface area contributed by atoms with E-state index in [-0.39, 0.29) is 0 Å². The Bertz CT molecular complexity index is 937. The molecule has 0 saturated heterocycles. The molecule has 30 heavy (non-hydrogen) atoms. The average Bonchev–Trinajstić information content (AvgIpc) is 3.53. The number of rotatable bonds is 6. The molecule has 0 N–H and O–H groups in total. The lowest BCUT2D eigenvalue weighted by Gasteiger charge is -2.09. The number of aryl methyl sites for hydroxylation is 3. The Morgan fingerprint density at radius 3 is 2.43 bits per heavy atom. The van der Waals surface area contributed by atoms with Crippen molar-refractivity contribution >= 4 is 11.3 Å². The first-order chi connectivity index (χ1) is 14.6. The molecule has 0 atom stereocenters. The monoisotopic (exact) mass is 424 g/mol. The fourth-order valence-corrected chi connectivity index (χ4v) is 3.61. The van der Waals surface area contributed by atoms with E-state index in [1.807, 2.05) is 39.1 Å². The van der Waals surface area contributed by atoms with E-state index in [2.05, 4.69) is 32.8 Å². The first kappa shape index (κ1) is 23.3. The summed E-state index contributed by atoms with van der Waals surface area (Å²) in [5.74, 6) is 3.11. The molecular formula is C23H28N4O2S. The van der Waals surface area contributed by atoms with Crippen LogP contribution in [-0.4, -0.2) is 33.7 Å². The molecular weight excluding hydrogens is 396 g/mol. The second-order valence-electron chi connectivity index (χ2n) is 6.76. The fraction of sp³-hybridized carbons (Fsp3) is 0.391. The molecule has 6 nitrogen and oxygen atoms in total. The molecule has 1 aliphatic carbocycles. The number of aromatic nitrogens is 4. The third-order valence-corrected chi connectivity index (χ3v) is 5.46. The normalized spacial score (nSPS) is 12.1. The van der Waals surface area contributed by atoms with E-state index in [4.69, 9.17) is 9.47 Å². The maximum Gasteiger partial charge on any atom is 0.225 e. The summed E-state index contributed by atoms with van der Waals surface area (Å²) in [5, 5.41) is 1.06. The van der Waals surface area contributed by atoms with Gasteiger partial charge in [0.25, 0.3) is 0 Å². The van der Waals surface area contributed by atoms with Gasteiger partial charge in [-0.3, -0.25) is 4.98 Å². The summed E-state index contributed by atoms with van der Waals surface area (Å²) in [6.45, 7) is 6.67. The number of ether oxygens (including phenoxy) is 2. The molecule has 0 spiro atoms. The first-order valence-corrected chi connectivity index (χ1v) is 10.6. The van der Waals surface area contributed by atoms with Gasteiger partial charge in [0, 0.05) is 12.4 Å². The third kappa shape index (κ3) is 7.12. The van der Waals surface area contributed by atoms with Gasteiger partial charge >= 0.3 is 0 Å². The van der Waals surface area contributed by atoms with E-state index in [9.17, 15) is 0 Å². The largest absolute Gasteiger partial charge is 0.495 e. The summed E-state index contributed by atoms with van der Waals surface area (Å²) in [6.07, 6.45) is 17.1. The van der Waals surface area contributed by atoms with E-state index >= 15 is 0 Å². The smallest absolute Gasteiger partial charge is 0.225 e. The third-order valence-electron chi connectivity index (χ3n) is 4.35. The molecule has 4 rings (SSSR count). The fourth-order valence-electron chi connectivity index (χ4n) is 2.69. The summed E-state index contributed by atoms with van der Waals surface area (Å²) >= 11 is 1.67. The van der Waals surface area contributed by atoms with Gasteiger partial charge in [0.2, 0.25) is 5.88 Å². The summed E-state index contributed by atoms with van der Waals surface area (Å²) in [4.78, 5) is 18.2. The van der Waals surface area contributed by atoms with Crippen LogP contribution in [0.5, 0.6) is 11.6 Å². The molecule has 1 fully saturated rings. The van der Waals surface area contributed by atoms with Crippen LogP contribution in [0.4, 0.5) is 0 Å². The van der Waals surface area contributed by atoms with Crippen molar-refractivity contribution in [1.29, 1.82) is 0 Å². The summed E-state index contributed by atoms with van der Waals surface area (Å²) in [5.41, 5.74) is 1.99. The lowest BCUT2D eigenvalue weighted by molar-refractivity contribution is 0.291. The summed E-state index contributed by atoms with van der Waals surface area (Å²) in [6, 6.07) is 3.69. The highest BCUT2D eigenvalue weighted by Crippen LogP contribution is 2.36. The van der Waals surface area contributed by atoms with Crippen LogP contribution in [0, 0.1) is 39.5 Å². The Morgan fingerprint density at radius 1 is 1.13 bits per heavy atom. The predicted octanol–water partition coefficient (Wildman–Crippen LogP) is 5.04. The van der Waals surface area contributed by atoms with Gasteiger partial charge in [-0.15, -0.1) is 24.2 Å². The van der Waals surface area contributed by atoms with E-state index in [0.29, 0.717) is 5.88 Å². The van der Waals surface area contributed by atoms with Crippen molar-refractivity contribution < 1.29 is 9.47 Å². The highest BCUT2D eigenvalue weighted by Gasteiger charge is 2.21. The minimum Gasteiger partial charge on any atom is -0.495 e. The summed E-state index contributed by atoms with van der Waals surface area (Å²) < 4.78 is 10.8. The maximum atomic E-state index is 5.92. The number of nitrogens with zero attached hydrogens (tertiary/aromatic N) is 4. The van der Waals surface area contributed by atoms with Crippen LogP contribution >= 0.6 is 11.3 Å². The molecule has 3 aromatic rings. The molecule has 0 bridgehead atoms. The van der Waals surface area contributed by atoms with Gasteiger partial charge in [-0.05, 0) is 45.2 Å². The molecule has 7 heteroatoms. The minimum atomic E-state index is 0.699. The lowest BCUT2D eigenvalue weighted by Crippen LogP contribution is -2.03. The standard InChI is InChI=1S/C15H19N3OS.C6H7NO.C2H2/c1-9-14(20-11(3)17-9)13-8-16-10(2)18-15(13)19-7-6-12-4-5-12;1-8-6-3-2-4-7-5-6;1-2/h8,12H,4-7H2,1-3H3;2-5H,1H3;1-2H. The first-order valence-electron chi connectivity index (χ1n) is 9.75. The van der Waals surface area contributed by atoms with E-state index < -0.39 is 0 Å². The van der Waals surface area contributed by atoms with Gasteiger partial charge < -0.3 is 9.47 Å². The van der Waals surface area contributed by atoms with Crippen molar-refractivity contribution in [2.24, 2.45) is 5.92 Å². The Labute approximate surface area is 182 Å². The van der Waals surface area contributed by atoms with Gasteiger partial charge in [0.15, 0.2) is 0 Å². The van der Waals surface area contributed by atoms with Crippen LogP contribution in [0.25, 0.3) is 10.4 Å². The van der Waals surface area contributed by atoms with Crippen molar-refractivity contribution in [2.45, 2.75) is 40.0 Å². The van der Waals surface area contributed by atoms with Crippen LogP contribution in [0.1, 0.15) is 35.8 Å². The quantitative estimate of drug-likeness (QED) is 0.516. The van der Waals surface area contributed by atoms with Crippen LogP contribution in [0.3, 0.4) is 0 Å². The Kier molecular flexibility index (Phi) is 9.23. The maximum absolute atomic E-state index is 5.92. The van der Waals surface area contributed by atoms with E-state index in [0.717, 1.165) is 51.7 Å². The van der Waals surface area contributed by atoms with Crippen molar-refractivity contribution in [1.82, 2.24) is 19.9 Å². The zero-order valence-corrected chi connectivity index (χ0v) is 18.8.